The normalized spacial score (nSPS) is 13.6. The van der Waals surface area contributed by atoms with Gasteiger partial charge in [-0.1, -0.05) is 97.1 Å². The average molecular weight is 1090 g/mol. The van der Waals surface area contributed by atoms with Gasteiger partial charge in [-0.25, -0.2) is 0 Å². The number of nitrogens with zero attached hydrogens (tertiary/aromatic N) is 6. The van der Waals surface area contributed by atoms with Gasteiger partial charge >= 0.3 is 0 Å². The van der Waals surface area contributed by atoms with Crippen molar-refractivity contribution in [3.63, 3.8) is 0 Å². The maximum absolute atomic E-state index is 13.2. The van der Waals surface area contributed by atoms with Crippen LogP contribution >= 0.6 is 24.8 Å². The van der Waals surface area contributed by atoms with E-state index in [0.29, 0.717) is 44.6 Å². The molecule has 8 aromatic rings. The van der Waals surface area contributed by atoms with Gasteiger partial charge in [0.05, 0.1) is 47.7 Å². The highest BCUT2D eigenvalue weighted by molar-refractivity contribution is 5.92. The van der Waals surface area contributed by atoms with Crippen molar-refractivity contribution in [2.75, 3.05) is 126 Å². The second kappa shape index (κ2) is 27.9. The maximum atomic E-state index is 13.2. The highest BCUT2D eigenvalue weighted by Crippen LogP contribution is 2.34. The summed E-state index contributed by atoms with van der Waals surface area (Å²) < 4.78 is 23.9. The number of anilines is 4. The van der Waals surface area contributed by atoms with Gasteiger partial charge in [-0.05, 0) is 88.3 Å². The average Bonchev–Trinajstić information content (AvgIpc) is 3.47. The zero-order chi connectivity index (χ0) is 51.6. The molecule has 0 unspecified atom stereocenters. The molecule has 6 aromatic carbocycles. The van der Waals surface area contributed by atoms with Crippen molar-refractivity contribution in [3.05, 3.63) is 177 Å². The van der Waals surface area contributed by atoms with Crippen molar-refractivity contribution >= 4 is 69.5 Å². The highest BCUT2D eigenvalue weighted by Gasteiger charge is 2.23. The smallest absolute Gasteiger partial charge is 0.196 e. The Morgan fingerprint density at radius 3 is 1.18 bits per heavy atom. The predicted octanol–water partition coefficient (Wildman–Crippen LogP) is 10.9. The molecule has 77 heavy (non-hydrogen) atoms. The molecule has 408 valence electrons. The van der Waals surface area contributed by atoms with Gasteiger partial charge in [-0.15, -0.1) is 24.8 Å². The predicted molar refractivity (Wildman–Crippen MR) is 322 cm³/mol. The zero-order valence-corrected chi connectivity index (χ0v) is 46.8. The summed E-state index contributed by atoms with van der Waals surface area (Å²) in [6, 6.07) is 47.9. The number of hydrogen-bond acceptors (Lipinski definition) is 12. The quantitative estimate of drug-likeness (QED) is 0.0913. The number of piperazine rings is 2. The lowest BCUT2D eigenvalue weighted by Gasteiger charge is -2.36. The molecule has 0 amide bonds. The van der Waals surface area contributed by atoms with Gasteiger partial charge in [0.15, 0.2) is 22.0 Å². The zero-order valence-electron chi connectivity index (χ0n) is 45.2. The minimum Gasteiger partial charge on any atom is -0.495 e. The topological polar surface area (TPSA) is 130 Å². The molecule has 0 aliphatic carbocycles. The molecule has 2 N–H and O–H groups in total. The number of halogens is 2. The lowest BCUT2D eigenvalue weighted by molar-refractivity contribution is 0.255. The molecule has 13 nitrogen and oxygen atoms in total. The summed E-state index contributed by atoms with van der Waals surface area (Å²) in [5, 5.41) is 1.27. The fourth-order valence-electron chi connectivity index (χ4n) is 10.4. The van der Waals surface area contributed by atoms with Gasteiger partial charge in [-0.3, -0.25) is 19.4 Å². The van der Waals surface area contributed by atoms with Crippen LogP contribution in [-0.2, 0) is 0 Å². The summed E-state index contributed by atoms with van der Waals surface area (Å²) in [4.78, 5) is 40.7. The first kappa shape index (κ1) is 59.2. The third-order valence-electron chi connectivity index (χ3n) is 14.7. The molecule has 0 saturated carbocycles. The summed E-state index contributed by atoms with van der Waals surface area (Å²) in [7, 11) is 7.62. The molecule has 0 bridgehead atoms. The Bertz CT molecular complexity index is 3050. The van der Waals surface area contributed by atoms with E-state index < -0.39 is 0 Å². The summed E-state index contributed by atoms with van der Waals surface area (Å²) in [5.74, 6) is 3.16. The van der Waals surface area contributed by atoms with Gasteiger partial charge in [0.2, 0.25) is 0 Å². The van der Waals surface area contributed by atoms with E-state index in [1.807, 2.05) is 135 Å². The number of benzene rings is 6. The van der Waals surface area contributed by atoms with Crippen LogP contribution in [0, 0.1) is 13.8 Å². The van der Waals surface area contributed by atoms with Crippen molar-refractivity contribution in [3.8, 4) is 34.1 Å². The number of hydrogen-bond donors (Lipinski definition) is 0. The third-order valence-corrected chi connectivity index (χ3v) is 14.7. The number of rotatable bonds is 16. The summed E-state index contributed by atoms with van der Waals surface area (Å²) in [6.07, 6.45) is 2.06. The maximum Gasteiger partial charge on any atom is 0.196 e. The van der Waals surface area contributed by atoms with Crippen LogP contribution in [0.3, 0.4) is 0 Å². The van der Waals surface area contributed by atoms with Crippen molar-refractivity contribution < 1.29 is 23.8 Å². The Kier molecular flexibility index (Phi) is 21.4. The van der Waals surface area contributed by atoms with E-state index in [4.69, 9.17) is 18.3 Å². The first-order chi connectivity index (χ1) is 36.1. The van der Waals surface area contributed by atoms with Crippen LogP contribution < -0.4 is 39.9 Å². The van der Waals surface area contributed by atoms with Crippen LogP contribution in [-0.4, -0.2) is 122 Å². The molecule has 10 rings (SSSR count). The Hall–Kier alpha value is -7.00. The largest absolute Gasteiger partial charge is 0.495 e. The van der Waals surface area contributed by atoms with E-state index in [2.05, 4.69) is 67.8 Å². The monoisotopic (exact) mass is 1080 g/mol. The highest BCUT2D eigenvalue weighted by atomic mass is 35.5. The second-order valence-corrected chi connectivity index (χ2v) is 19.4. The molecular weight excluding hydrogens is 1010 g/mol. The van der Waals surface area contributed by atoms with Crippen LogP contribution in [0.4, 0.5) is 22.7 Å². The molecule has 2 aromatic heterocycles. The Labute approximate surface area is 465 Å². The standard InChI is InChI=1S/2C31H35N3O3.2ClH.H2O/c2*1-23-29(35)25-13-9-15-27(31(25)37-30(23)24-11-5-4-6-12-24)32(2)17-10-18-33-19-21-34(22-20-33)26-14-7-8-16-28(26)36-3;;;/h2*4-9,11-16H,10,17-22H2,1-3H3;2*1H;1H2. The van der Waals surface area contributed by atoms with Gasteiger partial charge < -0.3 is 43.4 Å². The fourth-order valence-corrected chi connectivity index (χ4v) is 10.4. The summed E-state index contributed by atoms with van der Waals surface area (Å²) >= 11 is 0. The SMILES string of the molecule is COc1ccccc1N1CCN(CCCN(C)c2cccc3c(=O)c(C)c(-c4ccccc4)oc23)CC1.COc1ccccc1N1CCN(CCCN(C)c2cccc3c(=O)c(C)c(-c4ccccc4)oc23)CC1.Cl.Cl.O. The van der Waals surface area contributed by atoms with E-state index in [9.17, 15) is 9.59 Å². The molecule has 0 spiro atoms. The first-order valence-electron chi connectivity index (χ1n) is 26.0. The van der Waals surface area contributed by atoms with E-state index >= 15 is 0 Å². The van der Waals surface area contributed by atoms with E-state index in [-0.39, 0.29) is 41.1 Å². The summed E-state index contributed by atoms with van der Waals surface area (Å²) in [6.45, 7) is 15.6. The third kappa shape index (κ3) is 13.6. The van der Waals surface area contributed by atoms with Crippen molar-refractivity contribution in [1.82, 2.24) is 9.80 Å². The van der Waals surface area contributed by atoms with Crippen LogP contribution in [0.15, 0.2) is 164 Å². The minimum atomic E-state index is 0. The van der Waals surface area contributed by atoms with Crippen molar-refractivity contribution in [1.29, 1.82) is 0 Å². The molecule has 2 aliphatic heterocycles. The van der Waals surface area contributed by atoms with Gasteiger partial charge in [0.1, 0.15) is 23.0 Å². The van der Waals surface area contributed by atoms with E-state index in [0.717, 1.165) is 125 Å². The van der Waals surface area contributed by atoms with Crippen LogP contribution in [0.25, 0.3) is 44.6 Å². The molecule has 0 radical (unpaired) electrons. The molecular formula is C62H74Cl2N6O7. The Morgan fingerprint density at radius 2 is 0.818 bits per heavy atom. The van der Waals surface area contributed by atoms with Crippen LogP contribution in [0.2, 0.25) is 0 Å². The lowest BCUT2D eigenvalue weighted by Crippen LogP contribution is -2.47. The van der Waals surface area contributed by atoms with Gasteiger partial charge in [0.25, 0.3) is 0 Å². The summed E-state index contributed by atoms with van der Waals surface area (Å²) in [5.41, 5.74) is 8.75. The number of para-hydroxylation sites is 6. The van der Waals surface area contributed by atoms with Crippen molar-refractivity contribution in [2.24, 2.45) is 0 Å². The second-order valence-electron chi connectivity index (χ2n) is 19.4. The molecule has 4 heterocycles. The fraction of sp³-hybridized carbons (Fsp3) is 0.323. The Balaban J connectivity index is 0.000000240. The van der Waals surface area contributed by atoms with Crippen LogP contribution in [0.1, 0.15) is 24.0 Å². The van der Waals surface area contributed by atoms with E-state index in [1.54, 1.807) is 14.2 Å². The number of methoxy groups -OCH3 is 2. The molecule has 15 heteroatoms. The molecule has 0 atom stereocenters. The Morgan fingerprint density at radius 1 is 0.468 bits per heavy atom. The van der Waals surface area contributed by atoms with Gasteiger partial charge in [0, 0.05) is 102 Å². The van der Waals surface area contributed by atoms with Crippen molar-refractivity contribution in [2.45, 2.75) is 26.7 Å². The number of ether oxygens (including phenoxy) is 2. The molecule has 2 fully saturated rings. The minimum absolute atomic E-state index is 0. The van der Waals surface area contributed by atoms with Gasteiger partial charge in [-0.2, -0.15) is 0 Å². The van der Waals surface area contributed by atoms with E-state index in [1.165, 1.54) is 11.4 Å². The molecule has 2 aliphatic rings. The first-order valence-corrected chi connectivity index (χ1v) is 26.0. The lowest BCUT2D eigenvalue weighted by atomic mass is 10.1. The molecule has 2 saturated heterocycles. The van der Waals surface area contributed by atoms with Crippen LogP contribution in [0.5, 0.6) is 11.5 Å². The number of fused-ring (bicyclic) bond motifs is 2.